The summed E-state index contributed by atoms with van der Waals surface area (Å²) in [5.74, 6) is -0.387. The zero-order chi connectivity index (χ0) is 14.7. The molecule has 0 aliphatic carbocycles. The normalized spacial score (nSPS) is 12.2. The molecule has 106 valence electrons. The molecular weight excluding hydrogens is 275 g/mol. The lowest BCUT2D eigenvalue weighted by molar-refractivity contribution is 0.0945. The highest BCUT2D eigenvalue weighted by Crippen LogP contribution is 2.32. The molecule has 0 fully saturated rings. The summed E-state index contributed by atoms with van der Waals surface area (Å²) >= 11 is 1.40. The summed E-state index contributed by atoms with van der Waals surface area (Å²) < 4.78 is 12.9. The molecule has 1 aromatic carbocycles. The van der Waals surface area contributed by atoms with Gasteiger partial charge in [-0.2, -0.15) is 0 Å². The molecule has 1 aromatic heterocycles. The van der Waals surface area contributed by atoms with Crippen LogP contribution in [0.25, 0.3) is 10.4 Å². The van der Waals surface area contributed by atoms with Crippen LogP contribution in [0.3, 0.4) is 0 Å². The maximum atomic E-state index is 12.9. The second-order valence-corrected chi connectivity index (χ2v) is 5.79. The first kappa shape index (κ1) is 14.7. The second-order valence-electron chi connectivity index (χ2n) is 4.74. The van der Waals surface area contributed by atoms with Crippen LogP contribution in [0.15, 0.2) is 30.3 Å². The first-order chi connectivity index (χ1) is 9.51. The maximum Gasteiger partial charge on any atom is 0.261 e. The van der Waals surface area contributed by atoms with Crippen LogP contribution in [0.2, 0.25) is 0 Å². The van der Waals surface area contributed by atoms with Crippen molar-refractivity contribution in [2.75, 3.05) is 6.54 Å². The van der Waals surface area contributed by atoms with E-state index in [2.05, 4.69) is 5.32 Å². The molecule has 2 aromatic rings. The highest BCUT2D eigenvalue weighted by molar-refractivity contribution is 7.17. The number of rotatable bonds is 4. The van der Waals surface area contributed by atoms with Gasteiger partial charge in [0.15, 0.2) is 0 Å². The minimum atomic E-state index is -0.266. The van der Waals surface area contributed by atoms with Gasteiger partial charge in [0.25, 0.3) is 5.91 Å². The molecule has 0 saturated carbocycles. The summed E-state index contributed by atoms with van der Waals surface area (Å²) in [5, 5.41) is 2.83. The van der Waals surface area contributed by atoms with E-state index < -0.39 is 0 Å². The Bertz CT molecular complexity index is 607. The minimum absolute atomic E-state index is 0.0563. The van der Waals surface area contributed by atoms with Gasteiger partial charge in [-0.05, 0) is 43.2 Å². The molecule has 20 heavy (non-hydrogen) atoms. The number of nitrogens with one attached hydrogen (secondary N) is 1. The first-order valence-electron chi connectivity index (χ1n) is 6.38. The minimum Gasteiger partial charge on any atom is -0.348 e. The SMILES string of the molecule is Cc1cc(C(=O)N[C@@H](C)CN)sc1-c1ccc(F)cc1. The third-order valence-electron chi connectivity index (χ3n) is 2.98. The van der Waals surface area contributed by atoms with Crippen LogP contribution in [0.1, 0.15) is 22.2 Å². The van der Waals surface area contributed by atoms with Gasteiger partial charge in [-0.3, -0.25) is 4.79 Å². The predicted octanol–water partition coefficient (Wildman–Crippen LogP) is 2.94. The average Bonchev–Trinajstić information content (AvgIpc) is 2.81. The Labute approximate surface area is 121 Å². The van der Waals surface area contributed by atoms with Crippen LogP contribution in [-0.2, 0) is 0 Å². The van der Waals surface area contributed by atoms with Crippen LogP contribution in [0.5, 0.6) is 0 Å². The third-order valence-corrected chi connectivity index (χ3v) is 4.26. The van der Waals surface area contributed by atoms with Gasteiger partial charge in [0.1, 0.15) is 5.82 Å². The van der Waals surface area contributed by atoms with Crippen molar-refractivity contribution in [2.24, 2.45) is 5.73 Å². The Morgan fingerprint density at radius 1 is 1.40 bits per heavy atom. The topological polar surface area (TPSA) is 55.1 Å². The number of aryl methyl sites for hydroxylation is 1. The van der Waals surface area contributed by atoms with Crippen molar-refractivity contribution in [1.29, 1.82) is 0 Å². The second kappa shape index (κ2) is 6.15. The number of thiophene rings is 1. The van der Waals surface area contributed by atoms with E-state index in [1.807, 2.05) is 19.9 Å². The number of carbonyl (C=O) groups excluding carboxylic acids is 1. The van der Waals surface area contributed by atoms with Crippen molar-refractivity contribution >= 4 is 17.2 Å². The Morgan fingerprint density at radius 2 is 2.05 bits per heavy atom. The van der Waals surface area contributed by atoms with E-state index in [0.717, 1.165) is 16.0 Å². The van der Waals surface area contributed by atoms with Crippen molar-refractivity contribution in [3.63, 3.8) is 0 Å². The highest BCUT2D eigenvalue weighted by Gasteiger charge is 2.15. The molecule has 2 rings (SSSR count). The fourth-order valence-corrected chi connectivity index (χ4v) is 2.92. The Balaban J connectivity index is 2.25. The number of hydrogen-bond donors (Lipinski definition) is 2. The number of halogens is 1. The van der Waals surface area contributed by atoms with E-state index in [1.54, 1.807) is 12.1 Å². The summed E-state index contributed by atoms with van der Waals surface area (Å²) in [4.78, 5) is 13.7. The van der Waals surface area contributed by atoms with Crippen molar-refractivity contribution < 1.29 is 9.18 Å². The van der Waals surface area contributed by atoms with Gasteiger partial charge >= 0.3 is 0 Å². The van der Waals surface area contributed by atoms with E-state index in [0.29, 0.717) is 11.4 Å². The zero-order valence-electron chi connectivity index (χ0n) is 11.4. The summed E-state index contributed by atoms with van der Waals surface area (Å²) in [6.45, 7) is 4.21. The van der Waals surface area contributed by atoms with Gasteiger partial charge in [0, 0.05) is 17.5 Å². The Kier molecular flexibility index (Phi) is 4.52. The first-order valence-corrected chi connectivity index (χ1v) is 7.20. The largest absolute Gasteiger partial charge is 0.348 e. The lowest BCUT2D eigenvalue weighted by Gasteiger charge is -2.09. The fraction of sp³-hybridized carbons (Fsp3) is 0.267. The third kappa shape index (κ3) is 3.23. The molecular formula is C15H17FN2OS. The van der Waals surface area contributed by atoms with Crippen LogP contribution in [0, 0.1) is 12.7 Å². The van der Waals surface area contributed by atoms with Crippen molar-refractivity contribution in [3.05, 3.63) is 46.6 Å². The van der Waals surface area contributed by atoms with Crippen LogP contribution in [-0.4, -0.2) is 18.5 Å². The molecule has 1 atom stereocenters. The van der Waals surface area contributed by atoms with Crippen LogP contribution < -0.4 is 11.1 Å². The highest BCUT2D eigenvalue weighted by atomic mass is 32.1. The number of carbonyl (C=O) groups is 1. The summed E-state index contributed by atoms with van der Waals surface area (Å²) in [7, 11) is 0. The molecule has 1 heterocycles. The maximum absolute atomic E-state index is 12.9. The van der Waals surface area contributed by atoms with E-state index in [1.165, 1.54) is 23.5 Å². The van der Waals surface area contributed by atoms with Crippen molar-refractivity contribution in [1.82, 2.24) is 5.32 Å². The lowest BCUT2D eigenvalue weighted by Crippen LogP contribution is -2.37. The van der Waals surface area contributed by atoms with E-state index in [9.17, 15) is 9.18 Å². The monoisotopic (exact) mass is 292 g/mol. The van der Waals surface area contributed by atoms with Gasteiger partial charge in [0.05, 0.1) is 4.88 Å². The molecule has 0 radical (unpaired) electrons. The van der Waals surface area contributed by atoms with Crippen molar-refractivity contribution in [3.8, 4) is 10.4 Å². The summed E-state index contributed by atoms with van der Waals surface area (Å²) in [5.41, 5.74) is 7.42. The number of amides is 1. The van der Waals surface area contributed by atoms with Gasteiger partial charge in [-0.25, -0.2) is 4.39 Å². The van der Waals surface area contributed by atoms with Crippen LogP contribution in [0.4, 0.5) is 4.39 Å². The molecule has 0 spiro atoms. The Morgan fingerprint density at radius 3 is 2.65 bits per heavy atom. The molecule has 0 bridgehead atoms. The quantitative estimate of drug-likeness (QED) is 0.910. The smallest absolute Gasteiger partial charge is 0.261 e. The zero-order valence-corrected chi connectivity index (χ0v) is 12.3. The molecule has 3 N–H and O–H groups in total. The van der Waals surface area contributed by atoms with Gasteiger partial charge in [0.2, 0.25) is 0 Å². The summed E-state index contributed by atoms with van der Waals surface area (Å²) in [6.07, 6.45) is 0. The molecule has 1 amide bonds. The average molecular weight is 292 g/mol. The lowest BCUT2D eigenvalue weighted by atomic mass is 10.1. The molecule has 0 aliphatic rings. The van der Waals surface area contributed by atoms with Gasteiger partial charge in [-0.15, -0.1) is 11.3 Å². The standard InChI is InChI=1S/C15H17FN2OS/c1-9-7-13(15(19)18-10(2)8-17)20-14(9)11-3-5-12(16)6-4-11/h3-7,10H,8,17H2,1-2H3,(H,18,19)/t10-/m0/s1. The fourth-order valence-electron chi connectivity index (χ4n) is 1.84. The van der Waals surface area contributed by atoms with Crippen molar-refractivity contribution in [2.45, 2.75) is 19.9 Å². The molecule has 0 saturated heterocycles. The summed E-state index contributed by atoms with van der Waals surface area (Å²) in [6, 6.07) is 8.08. The number of hydrogen-bond acceptors (Lipinski definition) is 3. The van der Waals surface area contributed by atoms with Gasteiger partial charge in [-0.1, -0.05) is 12.1 Å². The molecule has 5 heteroatoms. The van der Waals surface area contributed by atoms with E-state index in [4.69, 9.17) is 5.73 Å². The number of benzene rings is 1. The van der Waals surface area contributed by atoms with E-state index >= 15 is 0 Å². The molecule has 0 unspecified atom stereocenters. The van der Waals surface area contributed by atoms with Crippen LogP contribution >= 0.6 is 11.3 Å². The molecule has 0 aliphatic heterocycles. The molecule has 3 nitrogen and oxygen atoms in total. The van der Waals surface area contributed by atoms with E-state index in [-0.39, 0.29) is 17.8 Å². The Hall–Kier alpha value is -1.72. The number of nitrogens with two attached hydrogens (primary N) is 1. The van der Waals surface area contributed by atoms with Gasteiger partial charge < -0.3 is 11.1 Å². The predicted molar refractivity (Wildman–Crippen MR) is 80.4 cm³/mol.